The Bertz CT molecular complexity index is 1160. The second-order valence-corrected chi connectivity index (χ2v) is 9.06. The highest BCUT2D eigenvalue weighted by molar-refractivity contribution is 7.13. The van der Waals surface area contributed by atoms with E-state index in [0.717, 1.165) is 24.5 Å². The summed E-state index contributed by atoms with van der Waals surface area (Å²) in [5.74, 6) is 2.13. The molecule has 0 aliphatic carbocycles. The molecule has 1 aromatic carbocycles. The lowest BCUT2D eigenvalue weighted by atomic mass is 10.1. The van der Waals surface area contributed by atoms with Gasteiger partial charge in [0.15, 0.2) is 16.6 Å². The van der Waals surface area contributed by atoms with Crippen LogP contribution in [-0.2, 0) is 17.6 Å². The fourth-order valence-electron chi connectivity index (χ4n) is 3.90. The summed E-state index contributed by atoms with van der Waals surface area (Å²) in [6, 6.07) is 11.3. The van der Waals surface area contributed by atoms with Gasteiger partial charge in [0, 0.05) is 44.3 Å². The molecule has 0 saturated carbocycles. The van der Waals surface area contributed by atoms with E-state index in [9.17, 15) is 9.59 Å². The van der Waals surface area contributed by atoms with E-state index >= 15 is 0 Å². The molecular formula is C25H30N6O4S. The third-order valence-corrected chi connectivity index (χ3v) is 6.64. The number of carbonyl (C=O) groups excluding carboxylic acids is 2. The number of anilines is 2. The van der Waals surface area contributed by atoms with Crippen LogP contribution in [0.2, 0.25) is 0 Å². The van der Waals surface area contributed by atoms with E-state index in [1.807, 2.05) is 36.4 Å². The van der Waals surface area contributed by atoms with Crippen molar-refractivity contribution < 1.29 is 19.1 Å². The quantitative estimate of drug-likeness (QED) is 0.456. The molecule has 1 fully saturated rings. The van der Waals surface area contributed by atoms with Crippen LogP contribution < -0.4 is 25.0 Å². The Kier molecular flexibility index (Phi) is 8.56. The number of rotatable bonds is 9. The van der Waals surface area contributed by atoms with Gasteiger partial charge in [-0.2, -0.15) is 0 Å². The zero-order valence-electron chi connectivity index (χ0n) is 20.4. The van der Waals surface area contributed by atoms with Crippen LogP contribution >= 0.6 is 11.3 Å². The normalized spacial score (nSPS) is 13.3. The van der Waals surface area contributed by atoms with Crippen LogP contribution in [0.3, 0.4) is 0 Å². The highest BCUT2D eigenvalue weighted by Gasteiger charge is 2.22. The maximum absolute atomic E-state index is 12.7. The van der Waals surface area contributed by atoms with Gasteiger partial charge in [-0.25, -0.2) is 14.8 Å². The molecule has 0 bridgehead atoms. The Balaban J connectivity index is 1.19. The molecule has 3 heterocycles. The number of ether oxygens (including phenoxy) is 2. The summed E-state index contributed by atoms with van der Waals surface area (Å²) in [4.78, 5) is 37.7. The molecule has 3 amide bonds. The van der Waals surface area contributed by atoms with Crippen LogP contribution in [-0.4, -0.2) is 73.7 Å². The third kappa shape index (κ3) is 6.63. The number of hydrogen-bond acceptors (Lipinski definition) is 8. The van der Waals surface area contributed by atoms with E-state index in [1.54, 1.807) is 30.7 Å². The number of nitrogens with one attached hydrogen (secondary N) is 2. The van der Waals surface area contributed by atoms with Gasteiger partial charge in [0.05, 0.1) is 26.3 Å². The Labute approximate surface area is 214 Å². The number of methoxy groups -OCH3 is 2. The summed E-state index contributed by atoms with van der Waals surface area (Å²) in [6.07, 6.45) is 2.59. The molecule has 1 aliphatic rings. The SMILES string of the molecule is COc1ccc(CCNC(=O)Cc2csc(NC(=O)N3CCN(c4ccccn4)CC3)n2)cc1OC. The number of hydrogen-bond donors (Lipinski definition) is 2. The minimum atomic E-state index is -0.184. The minimum Gasteiger partial charge on any atom is -0.493 e. The van der Waals surface area contributed by atoms with Crippen LogP contribution in [0.5, 0.6) is 11.5 Å². The number of benzene rings is 1. The smallest absolute Gasteiger partial charge is 0.323 e. The molecule has 0 spiro atoms. The molecule has 0 unspecified atom stereocenters. The summed E-state index contributed by atoms with van der Waals surface area (Å²) < 4.78 is 10.6. The van der Waals surface area contributed by atoms with Crippen LogP contribution in [0.15, 0.2) is 48.0 Å². The van der Waals surface area contributed by atoms with E-state index in [0.29, 0.717) is 48.4 Å². The topological polar surface area (TPSA) is 109 Å². The van der Waals surface area contributed by atoms with E-state index in [-0.39, 0.29) is 18.4 Å². The maximum Gasteiger partial charge on any atom is 0.323 e. The Hall–Kier alpha value is -3.86. The molecule has 36 heavy (non-hydrogen) atoms. The highest BCUT2D eigenvalue weighted by Crippen LogP contribution is 2.27. The van der Waals surface area contributed by atoms with Crippen LogP contribution in [0.1, 0.15) is 11.3 Å². The van der Waals surface area contributed by atoms with Crippen LogP contribution in [0.4, 0.5) is 15.7 Å². The zero-order valence-corrected chi connectivity index (χ0v) is 21.2. The van der Waals surface area contributed by atoms with Crippen molar-refractivity contribution in [3.05, 3.63) is 59.2 Å². The molecule has 1 saturated heterocycles. The lowest BCUT2D eigenvalue weighted by molar-refractivity contribution is -0.120. The Morgan fingerprint density at radius 2 is 1.86 bits per heavy atom. The number of thiazole rings is 1. The average molecular weight is 511 g/mol. The van der Waals surface area contributed by atoms with E-state index in [2.05, 4.69) is 25.5 Å². The van der Waals surface area contributed by atoms with Gasteiger partial charge >= 0.3 is 6.03 Å². The third-order valence-electron chi connectivity index (χ3n) is 5.83. The van der Waals surface area contributed by atoms with Gasteiger partial charge in [-0.15, -0.1) is 11.3 Å². The van der Waals surface area contributed by atoms with Crippen molar-refractivity contribution in [1.82, 2.24) is 20.2 Å². The predicted octanol–water partition coefficient (Wildman–Crippen LogP) is 2.81. The number of piperazine rings is 1. The first-order valence-corrected chi connectivity index (χ1v) is 12.6. The van der Waals surface area contributed by atoms with Gasteiger partial charge in [-0.3, -0.25) is 10.1 Å². The van der Waals surface area contributed by atoms with Crippen molar-refractivity contribution in [1.29, 1.82) is 0 Å². The molecular weight excluding hydrogens is 480 g/mol. The van der Waals surface area contributed by atoms with Crippen LogP contribution in [0.25, 0.3) is 0 Å². The monoisotopic (exact) mass is 510 g/mol. The van der Waals surface area contributed by atoms with Crippen molar-refractivity contribution in [3.8, 4) is 11.5 Å². The Morgan fingerprint density at radius 3 is 2.58 bits per heavy atom. The maximum atomic E-state index is 12.7. The molecule has 2 N–H and O–H groups in total. The average Bonchev–Trinajstić information content (AvgIpc) is 3.35. The summed E-state index contributed by atoms with van der Waals surface area (Å²) >= 11 is 1.31. The number of amides is 3. The lowest BCUT2D eigenvalue weighted by Crippen LogP contribution is -2.50. The number of carbonyl (C=O) groups is 2. The fraction of sp³-hybridized carbons (Fsp3) is 0.360. The molecule has 0 atom stereocenters. The predicted molar refractivity (Wildman–Crippen MR) is 139 cm³/mol. The van der Waals surface area contributed by atoms with Crippen molar-refractivity contribution in [2.24, 2.45) is 0 Å². The summed E-state index contributed by atoms with van der Waals surface area (Å²) in [7, 11) is 3.19. The molecule has 10 nitrogen and oxygen atoms in total. The standard InChI is InChI=1S/C25H30N6O4S/c1-34-20-7-6-18(15-21(20)35-2)8-10-27-23(32)16-19-17-36-24(28-19)29-25(33)31-13-11-30(12-14-31)22-5-3-4-9-26-22/h3-7,9,15,17H,8,10-14,16H2,1-2H3,(H,27,32)(H,28,29,33). The molecule has 190 valence electrons. The molecule has 11 heteroatoms. The highest BCUT2D eigenvalue weighted by atomic mass is 32.1. The van der Waals surface area contributed by atoms with Crippen LogP contribution in [0, 0.1) is 0 Å². The van der Waals surface area contributed by atoms with Gasteiger partial charge in [0.25, 0.3) is 0 Å². The number of aromatic nitrogens is 2. The largest absolute Gasteiger partial charge is 0.493 e. The van der Waals surface area contributed by atoms with Gasteiger partial charge < -0.3 is 24.6 Å². The van der Waals surface area contributed by atoms with E-state index < -0.39 is 0 Å². The summed E-state index contributed by atoms with van der Waals surface area (Å²) in [6.45, 7) is 3.13. The van der Waals surface area contributed by atoms with Gasteiger partial charge in [-0.05, 0) is 36.2 Å². The second-order valence-electron chi connectivity index (χ2n) is 8.20. The van der Waals surface area contributed by atoms with Crippen molar-refractivity contribution >= 4 is 34.2 Å². The zero-order chi connectivity index (χ0) is 25.3. The summed E-state index contributed by atoms with van der Waals surface area (Å²) in [5.41, 5.74) is 1.66. The van der Waals surface area contributed by atoms with Gasteiger partial charge in [0.1, 0.15) is 5.82 Å². The number of urea groups is 1. The molecule has 3 aromatic rings. The van der Waals surface area contributed by atoms with Crippen molar-refractivity contribution in [2.45, 2.75) is 12.8 Å². The molecule has 1 aliphatic heterocycles. The molecule has 0 radical (unpaired) electrons. The van der Waals surface area contributed by atoms with Gasteiger partial charge in [-0.1, -0.05) is 12.1 Å². The second kappa shape index (κ2) is 12.2. The first kappa shape index (κ1) is 25.2. The minimum absolute atomic E-state index is 0.121. The van der Waals surface area contributed by atoms with Gasteiger partial charge in [0.2, 0.25) is 5.91 Å². The first-order chi connectivity index (χ1) is 17.6. The first-order valence-electron chi connectivity index (χ1n) is 11.7. The van der Waals surface area contributed by atoms with Crippen molar-refractivity contribution in [2.75, 3.05) is 57.2 Å². The van der Waals surface area contributed by atoms with E-state index in [1.165, 1.54) is 11.3 Å². The number of pyridine rings is 1. The molecule has 4 rings (SSSR count). The molecule has 2 aromatic heterocycles. The Morgan fingerprint density at radius 1 is 1.06 bits per heavy atom. The fourth-order valence-corrected chi connectivity index (χ4v) is 4.60. The summed E-state index contributed by atoms with van der Waals surface area (Å²) in [5, 5.41) is 8.05. The van der Waals surface area contributed by atoms with E-state index in [4.69, 9.17) is 9.47 Å². The number of nitrogens with zero attached hydrogens (tertiary/aromatic N) is 4. The lowest BCUT2D eigenvalue weighted by Gasteiger charge is -2.35. The van der Waals surface area contributed by atoms with Crippen molar-refractivity contribution in [3.63, 3.8) is 0 Å².